The van der Waals surface area contributed by atoms with E-state index < -0.39 is 12.0 Å². The van der Waals surface area contributed by atoms with Gasteiger partial charge in [-0.2, -0.15) is 0 Å². The molecule has 2 aromatic rings. The number of amides is 2. The Hall–Kier alpha value is -2.80. The van der Waals surface area contributed by atoms with Crippen molar-refractivity contribution in [3.63, 3.8) is 0 Å². The van der Waals surface area contributed by atoms with Gasteiger partial charge in [-0.15, -0.1) is 0 Å². The fourth-order valence-electron chi connectivity index (χ4n) is 1.45. The van der Waals surface area contributed by atoms with Gasteiger partial charge in [0, 0.05) is 12.6 Å². The van der Waals surface area contributed by atoms with Crippen molar-refractivity contribution < 1.29 is 24.0 Å². The van der Waals surface area contributed by atoms with Crippen LogP contribution < -0.4 is 15.5 Å². The van der Waals surface area contributed by atoms with Crippen molar-refractivity contribution in [1.82, 2.24) is 10.8 Å². The van der Waals surface area contributed by atoms with Crippen LogP contribution in [0.5, 0.6) is 5.95 Å². The normalized spacial score (nSPS) is 9.85. The molecule has 2 amide bonds. The van der Waals surface area contributed by atoms with Crippen LogP contribution >= 0.6 is 0 Å². The zero-order valence-corrected chi connectivity index (χ0v) is 10.3. The lowest BCUT2D eigenvalue weighted by atomic mass is 10.2. The van der Waals surface area contributed by atoms with Crippen LogP contribution in [-0.2, 0) is 6.54 Å². The molecule has 0 atom stereocenters. The molecule has 1 heterocycles. The van der Waals surface area contributed by atoms with E-state index in [9.17, 15) is 9.59 Å². The average Bonchev–Trinajstić information content (AvgIpc) is 2.94. The number of hydroxylamine groups is 1. The molecule has 104 valence electrons. The zero-order chi connectivity index (χ0) is 14.4. The van der Waals surface area contributed by atoms with Gasteiger partial charge in [0.15, 0.2) is 5.76 Å². The summed E-state index contributed by atoms with van der Waals surface area (Å²) in [5.41, 5.74) is 2.33. The van der Waals surface area contributed by atoms with Gasteiger partial charge in [-0.25, -0.2) is 10.3 Å². The van der Waals surface area contributed by atoms with E-state index >= 15 is 0 Å². The van der Waals surface area contributed by atoms with Gasteiger partial charge in [-0.1, -0.05) is 30.3 Å². The molecule has 2 rings (SSSR count). The molecule has 3 N–H and O–H groups in total. The van der Waals surface area contributed by atoms with Crippen LogP contribution in [0.1, 0.15) is 16.1 Å². The van der Waals surface area contributed by atoms with Crippen molar-refractivity contribution in [3.8, 4) is 5.95 Å². The van der Waals surface area contributed by atoms with Crippen LogP contribution in [0.25, 0.3) is 0 Å². The van der Waals surface area contributed by atoms with Crippen molar-refractivity contribution in [2.24, 2.45) is 0 Å². The summed E-state index contributed by atoms with van der Waals surface area (Å²) in [6.07, 6.45) is -0.709. The Labute approximate surface area is 114 Å². The number of rotatable bonds is 4. The number of carbonyl (C=O) groups is 2. The number of hydrogen-bond acceptors (Lipinski definition) is 5. The van der Waals surface area contributed by atoms with Gasteiger partial charge >= 0.3 is 12.0 Å². The SMILES string of the molecule is O=C(NCc1ccccc1)Oc1ccc(C(=O)NO)o1. The van der Waals surface area contributed by atoms with Gasteiger partial charge in [-0.3, -0.25) is 10.0 Å². The minimum Gasteiger partial charge on any atom is -0.420 e. The molecule has 0 unspecified atom stereocenters. The third-order valence-electron chi connectivity index (χ3n) is 2.38. The molecule has 1 aromatic carbocycles. The van der Waals surface area contributed by atoms with Gasteiger partial charge < -0.3 is 14.5 Å². The van der Waals surface area contributed by atoms with E-state index in [0.29, 0.717) is 6.54 Å². The lowest BCUT2D eigenvalue weighted by Crippen LogP contribution is -2.26. The van der Waals surface area contributed by atoms with Crippen molar-refractivity contribution >= 4 is 12.0 Å². The van der Waals surface area contributed by atoms with Crippen molar-refractivity contribution in [3.05, 3.63) is 53.8 Å². The summed E-state index contributed by atoms with van der Waals surface area (Å²) in [6.45, 7) is 0.310. The smallest absolute Gasteiger partial charge is 0.415 e. The summed E-state index contributed by atoms with van der Waals surface area (Å²) in [5.74, 6) is -1.14. The van der Waals surface area contributed by atoms with E-state index in [4.69, 9.17) is 14.4 Å². The molecule has 20 heavy (non-hydrogen) atoms. The lowest BCUT2D eigenvalue weighted by molar-refractivity contribution is 0.0670. The Morgan fingerprint density at radius 3 is 2.60 bits per heavy atom. The number of furan rings is 1. The fraction of sp³-hybridized carbons (Fsp3) is 0.0769. The first-order valence-corrected chi connectivity index (χ1v) is 5.73. The average molecular weight is 276 g/mol. The second-order valence-corrected chi connectivity index (χ2v) is 3.79. The van der Waals surface area contributed by atoms with Crippen LogP contribution in [0.4, 0.5) is 4.79 Å². The Bertz CT molecular complexity index is 594. The van der Waals surface area contributed by atoms with Crippen LogP contribution in [0.2, 0.25) is 0 Å². The van der Waals surface area contributed by atoms with Crippen molar-refractivity contribution in [2.75, 3.05) is 0 Å². The largest absolute Gasteiger partial charge is 0.420 e. The maximum absolute atomic E-state index is 11.5. The predicted octanol–water partition coefficient (Wildman–Crippen LogP) is 1.69. The van der Waals surface area contributed by atoms with Crippen LogP contribution in [0.3, 0.4) is 0 Å². The number of nitrogens with one attached hydrogen (secondary N) is 2. The Kier molecular flexibility index (Phi) is 4.35. The highest BCUT2D eigenvalue weighted by atomic mass is 16.6. The first-order chi connectivity index (χ1) is 9.69. The highest BCUT2D eigenvalue weighted by molar-refractivity contribution is 5.90. The molecule has 1 aromatic heterocycles. The quantitative estimate of drug-likeness (QED) is 0.582. The lowest BCUT2D eigenvalue weighted by Gasteiger charge is -2.04. The number of carbonyl (C=O) groups excluding carboxylic acids is 2. The summed E-state index contributed by atoms with van der Waals surface area (Å²) >= 11 is 0. The summed E-state index contributed by atoms with van der Waals surface area (Å²) in [6, 6.07) is 11.9. The van der Waals surface area contributed by atoms with E-state index in [1.165, 1.54) is 17.6 Å². The van der Waals surface area contributed by atoms with E-state index in [-0.39, 0.29) is 11.7 Å². The number of benzene rings is 1. The highest BCUT2D eigenvalue weighted by Crippen LogP contribution is 2.15. The molecule has 0 spiro atoms. The maximum atomic E-state index is 11.5. The van der Waals surface area contributed by atoms with Crippen LogP contribution in [0.15, 0.2) is 46.9 Å². The minimum absolute atomic E-state index is 0.144. The Balaban J connectivity index is 1.85. The summed E-state index contributed by atoms with van der Waals surface area (Å²) in [4.78, 5) is 22.5. The van der Waals surface area contributed by atoms with Gasteiger partial charge in [0.05, 0.1) is 0 Å². The molecule has 0 aliphatic carbocycles. The maximum Gasteiger partial charge on any atom is 0.415 e. The van der Waals surface area contributed by atoms with E-state index in [2.05, 4.69) is 5.32 Å². The van der Waals surface area contributed by atoms with E-state index in [1.807, 2.05) is 30.3 Å². The van der Waals surface area contributed by atoms with Gasteiger partial charge in [0.2, 0.25) is 0 Å². The summed E-state index contributed by atoms with van der Waals surface area (Å²) < 4.78 is 9.74. The Morgan fingerprint density at radius 1 is 1.15 bits per heavy atom. The van der Waals surface area contributed by atoms with Gasteiger partial charge in [0.1, 0.15) is 0 Å². The molecule has 0 saturated heterocycles. The number of hydrogen-bond donors (Lipinski definition) is 3. The molecule has 0 aliphatic rings. The number of ether oxygens (including phenoxy) is 1. The monoisotopic (exact) mass is 276 g/mol. The van der Waals surface area contributed by atoms with Crippen molar-refractivity contribution in [2.45, 2.75) is 6.54 Å². The second kappa shape index (κ2) is 6.39. The molecule has 0 fully saturated rings. The third-order valence-corrected chi connectivity index (χ3v) is 2.38. The van der Waals surface area contributed by atoms with Gasteiger partial charge in [-0.05, 0) is 11.6 Å². The van der Waals surface area contributed by atoms with E-state index in [0.717, 1.165) is 5.56 Å². The predicted molar refractivity (Wildman–Crippen MR) is 67.3 cm³/mol. The standard InChI is InChI=1S/C13H12N2O5/c16-12(15-18)10-6-7-11(19-10)20-13(17)14-8-9-4-2-1-3-5-9/h1-7,18H,8H2,(H,14,17)(H,15,16). The molecule has 0 radical (unpaired) electrons. The molecule has 0 saturated carbocycles. The molecule has 7 heteroatoms. The molecule has 0 aliphatic heterocycles. The second-order valence-electron chi connectivity index (χ2n) is 3.79. The first kappa shape index (κ1) is 13.6. The molecule has 7 nitrogen and oxygen atoms in total. The van der Waals surface area contributed by atoms with Crippen LogP contribution in [-0.4, -0.2) is 17.2 Å². The molecule has 0 bridgehead atoms. The summed E-state index contributed by atoms with van der Waals surface area (Å²) in [7, 11) is 0. The minimum atomic E-state index is -0.829. The zero-order valence-electron chi connectivity index (χ0n) is 10.3. The summed E-state index contributed by atoms with van der Waals surface area (Å²) in [5, 5.41) is 10.9. The third kappa shape index (κ3) is 3.59. The Morgan fingerprint density at radius 2 is 1.90 bits per heavy atom. The fourth-order valence-corrected chi connectivity index (χ4v) is 1.45. The van der Waals surface area contributed by atoms with Gasteiger partial charge in [0.25, 0.3) is 5.95 Å². The highest BCUT2D eigenvalue weighted by Gasteiger charge is 2.13. The van der Waals surface area contributed by atoms with E-state index in [1.54, 1.807) is 0 Å². The van der Waals surface area contributed by atoms with Crippen LogP contribution in [0, 0.1) is 0 Å². The topological polar surface area (TPSA) is 101 Å². The molecular formula is C13H12N2O5. The first-order valence-electron chi connectivity index (χ1n) is 5.73. The molecular weight excluding hydrogens is 264 g/mol. The van der Waals surface area contributed by atoms with Crippen molar-refractivity contribution in [1.29, 1.82) is 0 Å².